The average Bonchev–Trinajstić information content (AvgIpc) is 2.34. The Labute approximate surface area is 117 Å². The SMILES string of the molecule is COCCN(CC(=O)c1ccccc1Br)C(C)C. The molecule has 3 nitrogen and oxygen atoms in total. The lowest BCUT2D eigenvalue weighted by Crippen LogP contribution is -2.38. The number of rotatable bonds is 7. The zero-order chi connectivity index (χ0) is 13.5. The summed E-state index contributed by atoms with van der Waals surface area (Å²) >= 11 is 3.41. The lowest BCUT2D eigenvalue weighted by Gasteiger charge is -2.25. The number of methoxy groups -OCH3 is 1. The molecule has 1 rings (SSSR count). The summed E-state index contributed by atoms with van der Waals surface area (Å²) in [5, 5.41) is 0. The van der Waals surface area contributed by atoms with Gasteiger partial charge in [-0.2, -0.15) is 0 Å². The predicted octanol–water partition coefficient (Wildman–Crippen LogP) is 2.99. The van der Waals surface area contributed by atoms with Crippen molar-refractivity contribution >= 4 is 21.7 Å². The molecule has 0 heterocycles. The maximum atomic E-state index is 12.2. The first-order valence-corrected chi connectivity index (χ1v) is 6.86. The van der Waals surface area contributed by atoms with Crippen molar-refractivity contribution in [2.75, 3.05) is 26.8 Å². The van der Waals surface area contributed by atoms with Gasteiger partial charge in [0.2, 0.25) is 0 Å². The van der Waals surface area contributed by atoms with E-state index in [-0.39, 0.29) is 5.78 Å². The third-order valence-electron chi connectivity index (χ3n) is 2.83. The zero-order valence-corrected chi connectivity index (χ0v) is 12.7. The van der Waals surface area contributed by atoms with E-state index in [2.05, 4.69) is 34.7 Å². The van der Waals surface area contributed by atoms with Gasteiger partial charge in [0.15, 0.2) is 5.78 Å². The molecule has 4 heteroatoms. The highest BCUT2D eigenvalue weighted by Crippen LogP contribution is 2.17. The molecule has 0 atom stereocenters. The monoisotopic (exact) mass is 313 g/mol. The van der Waals surface area contributed by atoms with Crippen molar-refractivity contribution in [2.45, 2.75) is 19.9 Å². The van der Waals surface area contributed by atoms with E-state index in [0.717, 1.165) is 16.6 Å². The van der Waals surface area contributed by atoms with Crippen LogP contribution in [0.4, 0.5) is 0 Å². The highest BCUT2D eigenvalue weighted by Gasteiger charge is 2.16. The molecular weight excluding hydrogens is 294 g/mol. The standard InChI is InChI=1S/C14H20BrNO2/c1-11(2)16(8-9-18-3)10-14(17)12-6-4-5-7-13(12)15/h4-7,11H,8-10H2,1-3H3. The van der Waals surface area contributed by atoms with Gasteiger partial charge in [0.1, 0.15) is 0 Å². The van der Waals surface area contributed by atoms with Gasteiger partial charge >= 0.3 is 0 Å². The van der Waals surface area contributed by atoms with E-state index in [1.807, 2.05) is 24.3 Å². The van der Waals surface area contributed by atoms with Crippen molar-refractivity contribution in [1.82, 2.24) is 4.90 Å². The number of halogens is 1. The van der Waals surface area contributed by atoms with Gasteiger partial charge in [-0.25, -0.2) is 0 Å². The summed E-state index contributed by atoms with van der Waals surface area (Å²) in [6, 6.07) is 7.86. The molecule has 0 N–H and O–H groups in total. The van der Waals surface area contributed by atoms with Crippen LogP contribution >= 0.6 is 15.9 Å². The van der Waals surface area contributed by atoms with Gasteiger partial charge in [0.05, 0.1) is 13.2 Å². The molecular formula is C14H20BrNO2. The molecule has 0 spiro atoms. The van der Waals surface area contributed by atoms with Crippen LogP contribution in [0.25, 0.3) is 0 Å². The van der Waals surface area contributed by atoms with Gasteiger partial charge in [-0.05, 0) is 19.9 Å². The lowest BCUT2D eigenvalue weighted by molar-refractivity contribution is 0.0851. The summed E-state index contributed by atoms with van der Waals surface area (Å²) in [5.74, 6) is 0.132. The molecule has 0 amide bonds. The van der Waals surface area contributed by atoms with Crippen LogP contribution in [0.3, 0.4) is 0 Å². The number of nitrogens with zero attached hydrogens (tertiary/aromatic N) is 1. The van der Waals surface area contributed by atoms with Crippen molar-refractivity contribution < 1.29 is 9.53 Å². The predicted molar refractivity (Wildman–Crippen MR) is 77.1 cm³/mol. The molecule has 0 aromatic heterocycles. The minimum Gasteiger partial charge on any atom is -0.383 e. The molecule has 0 radical (unpaired) electrons. The Morgan fingerprint density at radius 3 is 2.61 bits per heavy atom. The summed E-state index contributed by atoms with van der Waals surface area (Å²) < 4.78 is 5.92. The number of benzene rings is 1. The van der Waals surface area contributed by atoms with Crippen LogP contribution in [-0.4, -0.2) is 43.5 Å². The Bertz CT molecular complexity index is 393. The lowest BCUT2D eigenvalue weighted by atomic mass is 10.1. The van der Waals surface area contributed by atoms with Crippen LogP contribution in [0.1, 0.15) is 24.2 Å². The second-order valence-corrected chi connectivity index (χ2v) is 5.31. The fraction of sp³-hybridized carbons (Fsp3) is 0.500. The summed E-state index contributed by atoms with van der Waals surface area (Å²) in [7, 11) is 1.67. The fourth-order valence-electron chi connectivity index (χ4n) is 1.69. The molecule has 0 saturated heterocycles. The largest absolute Gasteiger partial charge is 0.383 e. The molecule has 0 aliphatic carbocycles. The van der Waals surface area contributed by atoms with Gasteiger partial charge in [-0.1, -0.05) is 34.1 Å². The normalized spacial score (nSPS) is 11.2. The maximum Gasteiger partial charge on any atom is 0.177 e. The van der Waals surface area contributed by atoms with Gasteiger partial charge in [0, 0.05) is 29.7 Å². The number of hydrogen-bond acceptors (Lipinski definition) is 3. The Morgan fingerprint density at radius 2 is 2.06 bits per heavy atom. The van der Waals surface area contributed by atoms with Gasteiger partial charge in [0.25, 0.3) is 0 Å². The maximum absolute atomic E-state index is 12.2. The number of carbonyl (C=O) groups is 1. The average molecular weight is 314 g/mol. The third-order valence-corrected chi connectivity index (χ3v) is 3.53. The Hall–Kier alpha value is -0.710. The van der Waals surface area contributed by atoms with Crippen LogP contribution in [0.15, 0.2) is 28.7 Å². The first-order valence-electron chi connectivity index (χ1n) is 6.07. The number of Topliss-reactive ketones (excluding diaryl/α,β-unsaturated/α-hetero) is 1. The van der Waals surface area contributed by atoms with E-state index >= 15 is 0 Å². The molecule has 0 unspecified atom stereocenters. The molecule has 1 aromatic carbocycles. The summed E-state index contributed by atoms with van der Waals surface area (Å²) in [6.07, 6.45) is 0. The van der Waals surface area contributed by atoms with Crippen molar-refractivity contribution in [3.63, 3.8) is 0 Å². The Kier molecular flexibility index (Phi) is 6.54. The molecule has 100 valence electrons. The van der Waals surface area contributed by atoms with Crippen molar-refractivity contribution in [3.05, 3.63) is 34.3 Å². The molecule has 0 saturated carbocycles. The second kappa shape index (κ2) is 7.67. The van der Waals surface area contributed by atoms with E-state index in [0.29, 0.717) is 19.2 Å². The molecule has 0 aliphatic rings. The summed E-state index contributed by atoms with van der Waals surface area (Å²) in [5.41, 5.74) is 0.737. The number of ether oxygens (including phenoxy) is 1. The Morgan fingerprint density at radius 1 is 1.39 bits per heavy atom. The van der Waals surface area contributed by atoms with E-state index in [9.17, 15) is 4.79 Å². The van der Waals surface area contributed by atoms with Crippen molar-refractivity contribution in [3.8, 4) is 0 Å². The van der Waals surface area contributed by atoms with E-state index in [1.54, 1.807) is 7.11 Å². The quantitative estimate of drug-likeness (QED) is 0.725. The van der Waals surface area contributed by atoms with Gasteiger partial charge in [-0.3, -0.25) is 9.69 Å². The van der Waals surface area contributed by atoms with Crippen LogP contribution in [-0.2, 0) is 4.74 Å². The van der Waals surface area contributed by atoms with E-state index in [1.165, 1.54) is 0 Å². The van der Waals surface area contributed by atoms with Crippen LogP contribution in [0.2, 0.25) is 0 Å². The first-order chi connectivity index (χ1) is 8.56. The van der Waals surface area contributed by atoms with Crippen molar-refractivity contribution in [1.29, 1.82) is 0 Å². The van der Waals surface area contributed by atoms with Gasteiger partial charge < -0.3 is 4.74 Å². The van der Waals surface area contributed by atoms with Crippen LogP contribution in [0.5, 0.6) is 0 Å². The molecule has 0 fully saturated rings. The van der Waals surface area contributed by atoms with Crippen LogP contribution < -0.4 is 0 Å². The number of carbonyl (C=O) groups excluding carboxylic acids is 1. The zero-order valence-electron chi connectivity index (χ0n) is 11.1. The number of ketones is 1. The highest BCUT2D eigenvalue weighted by atomic mass is 79.9. The Balaban J connectivity index is 2.69. The third kappa shape index (κ3) is 4.52. The second-order valence-electron chi connectivity index (χ2n) is 4.46. The van der Waals surface area contributed by atoms with Crippen LogP contribution in [0, 0.1) is 0 Å². The minimum atomic E-state index is 0.132. The van der Waals surface area contributed by atoms with Gasteiger partial charge in [-0.15, -0.1) is 0 Å². The molecule has 0 aliphatic heterocycles. The highest BCUT2D eigenvalue weighted by molar-refractivity contribution is 9.10. The smallest absolute Gasteiger partial charge is 0.177 e. The summed E-state index contributed by atoms with van der Waals surface area (Å²) in [6.45, 7) is 6.00. The first kappa shape index (κ1) is 15.3. The van der Waals surface area contributed by atoms with E-state index < -0.39 is 0 Å². The topological polar surface area (TPSA) is 29.5 Å². The summed E-state index contributed by atoms with van der Waals surface area (Å²) in [4.78, 5) is 14.3. The molecule has 0 bridgehead atoms. The number of hydrogen-bond donors (Lipinski definition) is 0. The van der Waals surface area contributed by atoms with E-state index in [4.69, 9.17) is 4.74 Å². The fourth-order valence-corrected chi connectivity index (χ4v) is 2.19. The van der Waals surface area contributed by atoms with Crippen molar-refractivity contribution in [2.24, 2.45) is 0 Å². The molecule has 18 heavy (non-hydrogen) atoms. The minimum absolute atomic E-state index is 0.132. The molecule has 1 aromatic rings.